The summed E-state index contributed by atoms with van der Waals surface area (Å²) in [5.41, 5.74) is 5.31. The number of aromatic nitrogens is 1. The molecular formula is C33H46N2O4. The molecule has 3 aliphatic rings. The van der Waals surface area contributed by atoms with Crippen LogP contribution in [0.5, 0.6) is 0 Å². The molecule has 0 radical (unpaired) electrons. The summed E-state index contributed by atoms with van der Waals surface area (Å²) in [5, 5.41) is 23.3. The predicted octanol–water partition coefficient (Wildman–Crippen LogP) is 6.47. The number of nitrogens with one attached hydrogen (secondary N) is 1. The molecule has 1 amide bonds. The lowest BCUT2D eigenvalue weighted by Crippen LogP contribution is -2.47. The van der Waals surface area contributed by atoms with Crippen LogP contribution < -0.4 is 5.32 Å². The second kappa shape index (κ2) is 10.8. The lowest BCUT2D eigenvalue weighted by atomic mass is 9.80. The van der Waals surface area contributed by atoms with Crippen molar-refractivity contribution in [3.63, 3.8) is 0 Å². The summed E-state index contributed by atoms with van der Waals surface area (Å²) in [6.07, 6.45) is 13.1. The van der Waals surface area contributed by atoms with Crippen molar-refractivity contribution in [3.8, 4) is 11.1 Å². The maximum absolute atomic E-state index is 13.5. The number of nitrogens with zero attached hydrogens (tertiary/aromatic N) is 1. The van der Waals surface area contributed by atoms with E-state index in [2.05, 4.69) is 35.0 Å². The molecule has 0 aliphatic heterocycles. The van der Waals surface area contributed by atoms with Gasteiger partial charge in [-0.05, 0) is 86.1 Å². The molecule has 3 saturated carbocycles. The Labute approximate surface area is 233 Å². The highest BCUT2D eigenvalue weighted by Crippen LogP contribution is 2.49. The van der Waals surface area contributed by atoms with Crippen molar-refractivity contribution in [1.29, 1.82) is 0 Å². The molecule has 0 atom stereocenters. The Bertz CT molecular complexity index is 1200. The number of carbonyl (C=O) groups excluding carboxylic acids is 1. The first-order valence-corrected chi connectivity index (χ1v) is 15.1. The average molecular weight is 535 g/mol. The summed E-state index contributed by atoms with van der Waals surface area (Å²) in [5.74, 6) is -0.685. The quantitative estimate of drug-likeness (QED) is 0.362. The fourth-order valence-electron chi connectivity index (χ4n) is 6.53. The number of carbonyl (C=O) groups is 2. The number of aliphatic carboxylic acids is 1. The summed E-state index contributed by atoms with van der Waals surface area (Å²) in [6.45, 7) is 5.98. The summed E-state index contributed by atoms with van der Waals surface area (Å²) < 4.78 is 2.08. The topological polar surface area (TPSA) is 91.6 Å². The Hall–Kier alpha value is -2.60. The molecule has 1 aromatic heterocycles. The van der Waals surface area contributed by atoms with Crippen LogP contribution in [0.25, 0.3) is 11.1 Å². The number of carboxylic acids is 1. The number of hydrogen-bond acceptors (Lipinski definition) is 3. The van der Waals surface area contributed by atoms with Gasteiger partial charge in [0, 0.05) is 24.3 Å². The number of aliphatic hydroxyl groups is 1. The van der Waals surface area contributed by atoms with Gasteiger partial charge in [-0.15, -0.1) is 0 Å². The van der Waals surface area contributed by atoms with E-state index in [0.717, 1.165) is 36.0 Å². The van der Waals surface area contributed by atoms with E-state index in [1.54, 1.807) is 0 Å². The lowest BCUT2D eigenvalue weighted by Gasteiger charge is -2.32. The van der Waals surface area contributed by atoms with Crippen molar-refractivity contribution in [1.82, 2.24) is 9.88 Å². The number of amides is 1. The van der Waals surface area contributed by atoms with E-state index in [9.17, 15) is 19.8 Å². The fraction of sp³-hybridized carbons (Fsp3) is 0.636. The molecule has 1 aromatic carbocycles. The van der Waals surface area contributed by atoms with E-state index in [1.165, 1.54) is 56.2 Å². The van der Waals surface area contributed by atoms with Crippen molar-refractivity contribution in [2.45, 2.75) is 115 Å². The highest BCUT2D eigenvalue weighted by Gasteiger charge is 2.40. The average Bonchev–Trinajstić information content (AvgIpc) is 3.50. The van der Waals surface area contributed by atoms with Gasteiger partial charge >= 0.3 is 5.97 Å². The van der Waals surface area contributed by atoms with E-state index < -0.39 is 11.6 Å². The predicted molar refractivity (Wildman–Crippen MR) is 154 cm³/mol. The van der Waals surface area contributed by atoms with Gasteiger partial charge in [0.05, 0.1) is 11.5 Å². The number of carboxylic acid groups (broad SMARTS) is 1. The standard InChI is InChI=1S/C33H46N2O4/c1-32(2,39)24-15-22(16-25(19-24)33(3)12-13-33)27-20-29(30(36)34-26-17-23(18-26)31(37)38)35(4)28(27)14-21-10-8-6-5-7-9-11-21/h15-16,19-21,23,26,39H,5-14,17-18H2,1-4H3,(H,34,36)(H,37,38)/t23-,26-. The van der Waals surface area contributed by atoms with Crippen LogP contribution in [0.2, 0.25) is 0 Å². The molecule has 39 heavy (non-hydrogen) atoms. The molecule has 0 bridgehead atoms. The van der Waals surface area contributed by atoms with Crippen LogP contribution in [0.1, 0.15) is 119 Å². The molecule has 6 heteroatoms. The van der Waals surface area contributed by atoms with Gasteiger partial charge in [0.1, 0.15) is 5.69 Å². The van der Waals surface area contributed by atoms with Crippen LogP contribution >= 0.6 is 0 Å². The third-order valence-corrected chi connectivity index (χ3v) is 9.77. The molecule has 3 fully saturated rings. The largest absolute Gasteiger partial charge is 0.481 e. The molecule has 5 rings (SSSR count). The second-order valence-corrected chi connectivity index (χ2v) is 13.5. The summed E-state index contributed by atoms with van der Waals surface area (Å²) >= 11 is 0. The minimum atomic E-state index is -0.963. The summed E-state index contributed by atoms with van der Waals surface area (Å²) in [7, 11) is 2.00. The SMILES string of the molecule is Cn1c(C(=O)N[C@H]2C[C@H](C(=O)O)C2)cc(-c2cc(C(C)(C)O)cc(C3(C)CC3)c2)c1CC1CCCCCCC1. The summed E-state index contributed by atoms with van der Waals surface area (Å²) in [4.78, 5) is 24.7. The first kappa shape index (κ1) is 27.9. The molecule has 212 valence electrons. The minimum absolute atomic E-state index is 0.0917. The highest BCUT2D eigenvalue weighted by atomic mass is 16.4. The Morgan fingerprint density at radius 3 is 2.26 bits per heavy atom. The lowest BCUT2D eigenvalue weighted by molar-refractivity contribution is -0.145. The van der Waals surface area contributed by atoms with Gasteiger partial charge in [0.2, 0.25) is 0 Å². The first-order valence-electron chi connectivity index (χ1n) is 15.1. The van der Waals surface area contributed by atoms with Crippen molar-refractivity contribution >= 4 is 11.9 Å². The van der Waals surface area contributed by atoms with Crippen LogP contribution in [-0.4, -0.2) is 32.7 Å². The van der Waals surface area contributed by atoms with Crippen LogP contribution in [0.4, 0.5) is 0 Å². The zero-order valence-electron chi connectivity index (χ0n) is 24.2. The third-order valence-electron chi connectivity index (χ3n) is 9.77. The van der Waals surface area contributed by atoms with Crippen molar-refractivity contribution in [3.05, 3.63) is 46.8 Å². The Kier molecular flexibility index (Phi) is 7.71. The molecule has 6 nitrogen and oxygen atoms in total. The van der Waals surface area contributed by atoms with Crippen LogP contribution in [0.15, 0.2) is 24.3 Å². The van der Waals surface area contributed by atoms with Gasteiger partial charge in [-0.3, -0.25) is 9.59 Å². The smallest absolute Gasteiger partial charge is 0.306 e. The molecule has 3 aliphatic carbocycles. The van der Waals surface area contributed by atoms with Crippen LogP contribution in [0.3, 0.4) is 0 Å². The normalized spacial score (nSPS) is 23.4. The second-order valence-electron chi connectivity index (χ2n) is 13.5. The molecule has 0 spiro atoms. The minimum Gasteiger partial charge on any atom is -0.481 e. The van der Waals surface area contributed by atoms with E-state index in [0.29, 0.717) is 24.5 Å². The van der Waals surface area contributed by atoms with Gasteiger partial charge in [-0.1, -0.05) is 64.0 Å². The third kappa shape index (κ3) is 6.11. The van der Waals surface area contributed by atoms with E-state index in [4.69, 9.17) is 0 Å². The number of rotatable bonds is 8. The number of hydrogen-bond donors (Lipinski definition) is 3. The molecular weight excluding hydrogens is 488 g/mol. The highest BCUT2D eigenvalue weighted by molar-refractivity contribution is 5.95. The Balaban J connectivity index is 1.52. The molecule has 2 aromatic rings. The molecule has 1 heterocycles. The van der Waals surface area contributed by atoms with Gasteiger partial charge in [0.15, 0.2) is 0 Å². The summed E-state index contributed by atoms with van der Waals surface area (Å²) in [6, 6.07) is 8.49. The zero-order chi connectivity index (χ0) is 27.9. The fourth-order valence-corrected chi connectivity index (χ4v) is 6.53. The number of benzene rings is 1. The Morgan fingerprint density at radius 1 is 1.03 bits per heavy atom. The Morgan fingerprint density at radius 2 is 1.67 bits per heavy atom. The van der Waals surface area contributed by atoms with Crippen molar-refractivity contribution in [2.75, 3.05) is 0 Å². The van der Waals surface area contributed by atoms with Crippen molar-refractivity contribution < 1.29 is 19.8 Å². The van der Waals surface area contributed by atoms with Gasteiger partial charge < -0.3 is 20.1 Å². The maximum atomic E-state index is 13.5. The van der Waals surface area contributed by atoms with E-state index >= 15 is 0 Å². The van der Waals surface area contributed by atoms with Crippen LogP contribution in [0, 0.1) is 11.8 Å². The van der Waals surface area contributed by atoms with Gasteiger partial charge in [-0.2, -0.15) is 0 Å². The molecule has 0 saturated heterocycles. The first-order chi connectivity index (χ1) is 18.4. The van der Waals surface area contributed by atoms with Gasteiger partial charge in [0.25, 0.3) is 5.91 Å². The molecule has 0 unspecified atom stereocenters. The van der Waals surface area contributed by atoms with E-state index in [-0.39, 0.29) is 23.3 Å². The van der Waals surface area contributed by atoms with Crippen molar-refractivity contribution in [2.24, 2.45) is 18.9 Å². The molecule has 3 N–H and O–H groups in total. The van der Waals surface area contributed by atoms with Crippen LogP contribution in [-0.2, 0) is 29.3 Å². The monoisotopic (exact) mass is 534 g/mol. The van der Waals surface area contributed by atoms with Gasteiger partial charge in [-0.25, -0.2) is 0 Å². The zero-order valence-corrected chi connectivity index (χ0v) is 24.2. The maximum Gasteiger partial charge on any atom is 0.306 e. The van der Waals surface area contributed by atoms with E-state index in [1.807, 2.05) is 27.0 Å².